The molecule has 1 unspecified atom stereocenters. The van der Waals surface area contributed by atoms with Crippen LogP contribution in [0.15, 0.2) is 0 Å². The molecule has 0 saturated carbocycles. The van der Waals surface area contributed by atoms with Gasteiger partial charge in [-0.3, -0.25) is 0 Å². The summed E-state index contributed by atoms with van der Waals surface area (Å²) in [5.74, 6) is 2.31. The maximum atomic E-state index is 2.33. The SMILES string of the molecule is CC(C)CC1CCCCS1. The zero-order valence-electron chi connectivity index (χ0n) is 7.10. The van der Waals surface area contributed by atoms with Gasteiger partial charge in [-0.1, -0.05) is 20.3 Å². The number of thioether (sulfide) groups is 1. The summed E-state index contributed by atoms with van der Waals surface area (Å²) in [6.45, 7) is 4.66. The molecule has 0 aromatic heterocycles. The van der Waals surface area contributed by atoms with Crippen LogP contribution in [-0.2, 0) is 0 Å². The molecule has 1 heteroatoms. The van der Waals surface area contributed by atoms with Crippen molar-refractivity contribution in [2.75, 3.05) is 5.75 Å². The second-order valence-corrected chi connectivity index (χ2v) is 5.03. The van der Waals surface area contributed by atoms with Crippen molar-refractivity contribution in [3.05, 3.63) is 0 Å². The predicted octanol–water partition coefficient (Wildman–Crippen LogP) is 3.32. The Morgan fingerprint density at radius 1 is 1.40 bits per heavy atom. The number of hydrogen-bond donors (Lipinski definition) is 0. The molecule has 0 aromatic rings. The molecule has 0 aromatic carbocycles. The molecule has 1 heterocycles. The fourth-order valence-electron chi connectivity index (χ4n) is 1.52. The predicted molar refractivity (Wildman–Crippen MR) is 49.6 cm³/mol. The Bertz CT molecular complexity index is 82.7. The van der Waals surface area contributed by atoms with Crippen LogP contribution in [-0.4, -0.2) is 11.0 Å². The van der Waals surface area contributed by atoms with Crippen molar-refractivity contribution < 1.29 is 0 Å². The summed E-state index contributed by atoms with van der Waals surface area (Å²) in [4.78, 5) is 0. The summed E-state index contributed by atoms with van der Waals surface area (Å²) in [5, 5.41) is 0.994. The van der Waals surface area contributed by atoms with Gasteiger partial charge in [0.2, 0.25) is 0 Å². The van der Waals surface area contributed by atoms with Gasteiger partial charge >= 0.3 is 0 Å². The quantitative estimate of drug-likeness (QED) is 0.594. The van der Waals surface area contributed by atoms with Crippen molar-refractivity contribution in [3.8, 4) is 0 Å². The molecule has 0 radical (unpaired) electrons. The minimum atomic E-state index is 0.899. The van der Waals surface area contributed by atoms with Crippen molar-refractivity contribution in [1.29, 1.82) is 0 Å². The first-order valence-electron chi connectivity index (χ1n) is 4.40. The molecule has 1 rings (SSSR count). The molecule has 0 aliphatic carbocycles. The molecule has 0 bridgehead atoms. The Kier molecular flexibility index (Phi) is 3.61. The van der Waals surface area contributed by atoms with Gasteiger partial charge < -0.3 is 0 Å². The first-order chi connectivity index (χ1) is 4.79. The fourth-order valence-corrected chi connectivity index (χ4v) is 3.08. The fraction of sp³-hybridized carbons (Fsp3) is 1.00. The van der Waals surface area contributed by atoms with Crippen molar-refractivity contribution in [1.82, 2.24) is 0 Å². The third-order valence-corrected chi connectivity index (χ3v) is 3.43. The maximum absolute atomic E-state index is 2.33. The third kappa shape index (κ3) is 2.96. The van der Waals surface area contributed by atoms with E-state index in [0.29, 0.717) is 0 Å². The first kappa shape index (κ1) is 8.45. The molecule has 10 heavy (non-hydrogen) atoms. The highest BCUT2D eigenvalue weighted by molar-refractivity contribution is 7.99. The first-order valence-corrected chi connectivity index (χ1v) is 5.45. The molecule has 60 valence electrons. The van der Waals surface area contributed by atoms with Gasteiger partial charge in [-0.2, -0.15) is 11.8 Å². The van der Waals surface area contributed by atoms with E-state index in [4.69, 9.17) is 0 Å². The van der Waals surface area contributed by atoms with Crippen molar-refractivity contribution in [2.45, 2.75) is 44.8 Å². The van der Waals surface area contributed by atoms with E-state index in [-0.39, 0.29) is 0 Å². The molecule has 0 spiro atoms. The lowest BCUT2D eigenvalue weighted by atomic mass is 10.0. The highest BCUT2D eigenvalue weighted by Gasteiger charge is 2.14. The van der Waals surface area contributed by atoms with Gasteiger partial charge in [0.1, 0.15) is 0 Å². The summed E-state index contributed by atoms with van der Waals surface area (Å²) in [6, 6.07) is 0. The van der Waals surface area contributed by atoms with Crippen molar-refractivity contribution in [2.24, 2.45) is 5.92 Å². The zero-order valence-corrected chi connectivity index (χ0v) is 7.91. The average Bonchev–Trinajstić information content (AvgIpc) is 1.88. The molecule has 0 nitrogen and oxygen atoms in total. The summed E-state index contributed by atoms with van der Waals surface area (Å²) >= 11 is 2.19. The highest BCUT2D eigenvalue weighted by atomic mass is 32.2. The minimum Gasteiger partial charge on any atom is -0.159 e. The van der Waals surface area contributed by atoms with Gasteiger partial charge in [-0.15, -0.1) is 0 Å². The van der Waals surface area contributed by atoms with Gasteiger partial charge in [-0.25, -0.2) is 0 Å². The third-order valence-electron chi connectivity index (χ3n) is 2.01. The molecular weight excluding hydrogens is 140 g/mol. The van der Waals surface area contributed by atoms with Crippen LogP contribution in [0.3, 0.4) is 0 Å². The van der Waals surface area contributed by atoms with Crippen LogP contribution in [0.1, 0.15) is 39.5 Å². The Hall–Kier alpha value is 0.350. The van der Waals surface area contributed by atoms with E-state index in [9.17, 15) is 0 Å². The van der Waals surface area contributed by atoms with E-state index >= 15 is 0 Å². The lowest BCUT2D eigenvalue weighted by molar-refractivity contribution is 0.528. The molecule has 1 saturated heterocycles. The Morgan fingerprint density at radius 3 is 2.70 bits per heavy atom. The van der Waals surface area contributed by atoms with Crippen LogP contribution in [0.25, 0.3) is 0 Å². The van der Waals surface area contributed by atoms with Crippen LogP contribution < -0.4 is 0 Å². The summed E-state index contributed by atoms with van der Waals surface area (Å²) in [5.41, 5.74) is 0. The molecule has 0 N–H and O–H groups in total. The second-order valence-electron chi connectivity index (χ2n) is 3.62. The summed E-state index contributed by atoms with van der Waals surface area (Å²) in [6.07, 6.45) is 5.84. The van der Waals surface area contributed by atoms with E-state index in [1.807, 2.05) is 0 Å². The average molecular weight is 158 g/mol. The number of rotatable bonds is 2. The van der Waals surface area contributed by atoms with E-state index in [0.717, 1.165) is 11.2 Å². The molecule has 1 aliphatic rings. The van der Waals surface area contributed by atoms with Gasteiger partial charge in [0.05, 0.1) is 0 Å². The zero-order chi connectivity index (χ0) is 7.40. The normalized spacial score (nSPS) is 27.3. The number of hydrogen-bond acceptors (Lipinski definition) is 1. The molecule has 0 amide bonds. The van der Waals surface area contributed by atoms with Crippen LogP contribution in [0, 0.1) is 5.92 Å². The van der Waals surface area contributed by atoms with Gasteiger partial charge in [0, 0.05) is 5.25 Å². The Labute approximate surface area is 68.8 Å². The van der Waals surface area contributed by atoms with E-state index in [2.05, 4.69) is 25.6 Å². The summed E-state index contributed by atoms with van der Waals surface area (Å²) in [7, 11) is 0. The highest BCUT2D eigenvalue weighted by Crippen LogP contribution is 2.29. The Morgan fingerprint density at radius 2 is 2.20 bits per heavy atom. The van der Waals surface area contributed by atoms with Crippen LogP contribution in [0.4, 0.5) is 0 Å². The molecule has 1 aliphatic heterocycles. The Balaban J connectivity index is 2.13. The van der Waals surface area contributed by atoms with E-state index in [1.54, 1.807) is 0 Å². The van der Waals surface area contributed by atoms with Gasteiger partial charge in [0.15, 0.2) is 0 Å². The molecule has 1 fully saturated rings. The molecule has 1 atom stereocenters. The lowest BCUT2D eigenvalue weighted by Crippen LogP contribution is -2.11. The van der Waals surface area contributed by atoms with Crippen LogP contribution in [0.5, 0.6) is 0 Å². The second kappa shape index (κ2) is 4.27. The van der Waals surface area contributed by atoms with Crippen LogP contribution in [0.2, 0.25) is 0 Å². The standard InChI is InChI=1S/C9H18S/c1-8(2)7-9-5-3-4-6-10-9/h8-9H,3-7H2,1-2H3. The monoisotopic (exact) mass is 158 g/mol. The summed E-state index contributed by atoms with van der Waals surface area (Å²) < 4.78 is 0. The minimum absolute atomic E-state index is 0.899. The maximum Gasteiger partial charge on any atom is 0.00494 e. The van der Waals surface area contributed by atoms with Gasteiger partial charge in [-0.05, 0) is 30.9 Å². The van der Waals surface area contributed by atoms with Crippen molar-refractivity contribution in [3.63, 3.8) is 0 Å². The topological polar surface area (TPSA) is 0 Å². The molecular formula is C9H18S. The smallest absolute Gasteiger partial charge is 0.00494 e. The lowest BCUT2D eigenvalue weighted by Gasteiger charge is -2.22. The van der Waals surface area contributed by atoms with E-state index in [1.165, 1.54) is 31.4 Å². The van der Waals surface area contributed by atoms with Crippen LogP contribution >= 0.6 is 11.8 Å². The van der Waals surface area contributed by atoms with Gasteiger partial charge in [0.25, 0.3) is 0 Å². The largest absolute Gasteiger partial charge is 0.159 e. The van der Waals surface area contributed by atoms with E-state index < -0.39 is 0 Å². The van der Waals surface area contributed by atoms with Crippen molar-refractivity contribution >= 4 is 11.8 Å².